The third-order valence-electron chi connectivity index (χ3n) is 2.86. The molecule has 3 N–H and O–H groups in total. The second-order valence-corrected chi connectivity index (χ2v) is 4.81. The number of urea groups is 1. The minimum atomic E-state index is -0.960. The molecule has 114 valence electrons. The maximum Gasteiger partial charge on any atom is 0.319 e. The monoisotopic (exact) mass is 294 g/mol. The quantitative estimate of drug-likeness (QED) is 0.787. The van der Waals surface area contributed by atoms with Crippen LogP contribution in [0.15, 0.2) is 18.2 Å². The maximum atomic E-state index is 11.8. The molecule has 0 saturated carbocycles. The van der Waals surface area contributed by atoms with E-state index in [1.165, 1.54) is 0 Å². The SMILES string of the molecule is CC(CC(=O)O)NC(=O)Nc1ccc2c(c1)OCCCO2. The van der Waals surface area contributed by atoms with Crippen LogP contribution in [0, 0.1) is 0 Å². The summed E-state index contributed by atoms with van der Waals surface area (Å²) in [7, 11) is 0. The minimum Gasteiger partial charge on any atom is -0.490 e. The lowest BCUT2D eigenvalue weighted by Crippen LogP contribution is -2.37. The normalized spacial score (nSPS) is 14.7. The molecular formula is C14H18N2O5. The van der Waals surface area contributed by atoms with Gasteiger partial charge in [0.1, 0.15) is 0 Å². The predicted molar refractivity (Wildman–Crippen MR) is 75.9 cm³/mol. The lowest BCUT2D eigenvalue weighted by atomic mass is 10.2. The van der Waals surface area contributed by atoms with Gasteiger partial charge in [-0.05, 0) is 19.1 Å². The highest BCUT2D eigenvalue weighted by atomic mass is 16.5. The Kier molecular flexibility index (Phi) is 4.86. The summed E-state index contributed by atoms with van der Waals surface area (Å²) < 4.78 is 11.0. The average Bonchev–Trinajstić information content (AvgIpc) is 2.61. The third-order valence-corrected chi connectivity index (χ3v) is 2.86. The van der Waals surface area contributed by atoms with E-state index in [0.717, 1.165) is 6.42 Å². The first kappa shape index (κ1) is 15.0. The van der Waals surface area contributed by atoms with Crippen molar-refractivity contribution in [3.05, 3.63) is 18.2 Å². The van der Waals surface area contributed by atoms with Crippen molar-refractivity contribution >= 4 is 17.7 Å². The molecule has 1 aromatic rings. The van der Waals surface area contributed by atoms with Crippen molar-refractivity contribution in [2.45, 2.75) is 25.8 Å². The smallest absolute Gasteiger partial charge is 0.319 e. The maximum absolute atomic E-state index is 11.8. The van der Waals surface area contributed by atoms with Crippen LogP contribution in [0.1, 0.15) is 19.8 Å². The fourth-order valence-corrected chi connectivity index (χ4v) is 1.94. The Bertz CT molecular complexity index is 532. The number of nitrogens with one attached hydrogen (secondary N) is 2. The van der Waals surface area contributed by atoms with Crippen LogP contribution in [0.4, 0.5) is 10.5 Å². The number of carboxylic acids is 1. The first-order valence-electron chi connectivity index (χ1n) is 6.73. The van der Waals surface area contributed by atoms with E-state index in [-0.39, 0.29) is 6.42 Å². The van der Waals surface area contributed by atoms with Crippen LogP contribution in [0.2, 0.25) is 0 Å². The van der Waals surface area contributed by atoms with Gasteiger partial charge in [-0.1, -0.05) is 0 Å². The summed E-state index contributed by atoms with van der Waals surface area (Å²) in [5, 5.41) is 13.8. The van der Waals surface area contributed by atoms with Crippen molar-refractivity contribution in [1.82, 2.24) is 5.32 Å². The molecule has 7 nitrogen and oxygen atoms in total. The number of carboxylic acid groups (broad SMARTS) is 1. The molecule has 7 heteroatoms. The van der Waals surface area contributed by atoms with Gasteiger partial charge < -0.3 is 25.2 Å². The summed E-state index contributed by atoms with van der Waals surface area (Å²) in [5.74, 6) is 0.278. The predicted octanol–water partition coefficient (Wildman–Crippen LogP) is 1.83. The van der Waals surface area contributed by atoms with Gasteiger partial charge in [0.25, 0.3) is 0 Å². The zero-order valence-corrected chi connectivity index (χ0v) is 11.7. The fourth-order valence-electron chi connectivity index (χ4n) is 1.94. The van der Waals surface area contributed by atoms with Crippen molar-refractivity contribution in [1.29, 1.82) is 0 Å². The Morgan fingerprint density at radius 3 is 2.71 bits per heavy atom. The number of fused-ring (bicyclic) bond motifs is 1. The number of benzene rings is 1. The Balaban J connectivity index is 1.95. The number of ether oxygens (including phenoxy) is 2. The van der Waals surface area contributed by atoms with E-state index in [4.69, 9.17) is 14.6 Å². The minimum absolute atomic E-state index is 0.130. The van der Waals surface area contributed by atoms with E-state index in [1.54, 1.807) is 25.1 Å². The summed E-state index contributed by atoms with van der Waals surface area (Å²) in [4.78, 5) is 22.3. The summed E-state index contributed by atoms with van der Waals surface area (Å²) >= 11 is 0. The third kappa shape index (κ3) is 4.55. The highest BCUT2D eigenvalue weighted by molar-refractivity contribution is 5.90. The zero-order valence-electron chi connectivity index (χ0n) is 11.7. The van der Waals surface area contributed by atoms with Crippen molar-refractivity contribution in [3.63, 3.8) is 0 Å². The van der Waals surface area contributed by atoms with Crippen molar-refractivity contribution in [2.75, 3.05) is 18.5 Å². The van der Waals surface area contributed by atoms with Gasteiger partial charge in [0.15, 0.2) is 11.5 Å². The summed E-state index contributed by atoms with van der Waals surface area (Å²) in [6.07, 6.45) is 0.680. The molecule has 0 radical (unpaired) electrons. The van der Waals surface area contributed by atoms with E-state index in [1.807, 2.05) is 0 Å². The molecule has 0 saturated heterocycles. The number of hydrogen-bond donors (Lipinski definition) is 3. The Morgan fingerprint density at radius 2 is 2.00 bits per heavy atom. The van der Waals surface area contributed by atoms with Crippen LogP contribution in [0.5, 0.6) is 11.5 Å². The Hall–Kier alpha value is -2.44. The van der Waals surface area contributed by atoms with Crippen molar-refractivity contribution in [2.24, 2.45) is 0 Å². The van der Waals surface area contributed by atoms with Crippen molar-refractivity contribution < 1.29 is 24.2 Å². The van der Waals surface area contributed by atoms with E-state index in [0.29, 0.717) is 30.4 Å². The molecule has 2 amide bonds. The van der Waals surface area contributed by atoms with Crippen LogP contribution in [0.3, 0.4) is 0 Å². The highest BCUT2D eigenvalue weighted by Gasteiger charge is 2.13. The van der Waals surface area contributed by atoms with Gasteiger partial charge in [-0.15, -0.1) is 0 Å². The number of hydrogen-bond acceptors (Lipinski definition) is 4. The van der Waals surface area contributed by atoms with Gasteiger partial charge >= 0.3 is 12.0 Å². The van der Waals surface area contributed by atoms with Gasteiger partial charge in [-0.3, -0.25) is 4.79 Å². The molecule has 1 atom stereocenters. The number of amides is 2. The molecule has 0 bridgehead atoms. The highest BCUT2D eigenvalue weighted by Crippen LogP contribution is 2.32. The second kappa shape index (κ2) is 6.83. The number of carbonyl (C=O) groups excluding carboxylic acids is 1. The average molecular weight is 294 g/mol. The van der Waals surface area contributed by atoms with E-state index in [2.05, 4.69) is 10.6 Å². The van der Waals surface area contributed by atoms with Gasteiger partial charge in [0, 0.05) is 24.2 Å². The van der Waals surface area contributed by atoms with Crippen LogP contribution in [-0.4, -0.2) is 36.4 Å². The molecule has 2 rings (SSSR count). The molecule has 0 fully saturated rings. The summed E-state index contributed by atoms with van der Waals surface area (Å²) in [6, 6.07) is 4.20. The lowest BCUT2D eigenvalue weighted by Gasteiger charge is -2.14. The van der Waals surface area contributed by atoms with Crippen LogP contribution in [-0.2, 0) is 4.79 Å². The zero-order chi connectivity index (χ0) is 15.2. The molecule has 1 heterocycles. The van der Waals surface area contributed by atoms with Crippen molar-refractivity contribution in [3.8, 4) is 11.5 Å². The van der Waals surface area contributed by atoms with Crippen LogP contribution in [0.25, 0.3) is 0 Å². The molecule has 1 aliphatic rings. The summed E-state index contributed by atoms with van der Waals surface area (Å²) in [6.45, 7) is 2.80. The molecule has 0 aromatic heterocycles. The van der Waals surface area contributed by atoms with Gasteiger partial charge in [0.2, 0.25) is 0 Å². The van der Waals surface area contributed by atoms with Crippen LogP contribution < -0.4 is 20.1 Å². The summed E-state index contributed by atoms with van der Waals surface area (Å²) in [5.41, 5.74) is 0.555. The molecule has 0 aliphatic carbocycles. The molecule has 1 aliphatic heterocycles. The van der Waals surface area contributed by atoms with Gasteiger partial charge in [-0.25, -0.2) is 4.79 Å². The first-order valence-corrected chi connectivity index (χ1v) is 6.73. The lowest BCUT2D eigenvalue weighted by molar-refractivity contribution is -0.137. The van der Waals surface area contributed by atoms with Gasteiger partial charge in [-0.2, -0.15) is 0 Å². The van der Waals surface area contributed by atoms with Gasteiger partial charge in [0.05, 0.1) is 19.6 Å². The largest absolute Gasteiger partial charge is 0.490 e. The Labute approximate surface area is 122 Å². The van der Waals surface area contributed by atoms with E-state index >= 15 is 0 Å². The number of anilines is 1. The second-order valence-electron chi connectivity index (χ2n) is 4.81. The molecule has 1 aromatic carbocycles. The number of carbonyl (C=O) groups is 2. The molecular weight excluding hydrogens is 276 g/mol. The van der Waals surface area contributed by atoms with E-state index in [9.17, 15) is 9.59 Å². The molecule has 21 heavy (non-hydrogen) atoms. The molecule has 1 unspecified atom stereocenters. The standard InChI is InChI=1S/C14H18N2O5/c1-9(7-13(17)18)15-14(19)16-10-3-4-11-12(8-10)21-6-2-5-20-11/h3-4,8-9H,2,5-7H2,1H3,(H,17,18)(H2,15,16,19). The number of rotatable bonds is 4. The number of aliphatic carboxylic acids is 1. The van der Waals surface area contributed by atoms with E-state index < -0.39 is 18.0 Å². The topological polar surface area (TPSA) is 96.9 Å². The van der Waals surface area contributed by atoms with Crippen LogP contribution >= 0.6 is 0 Å². The fraction of sp³-hybridized carbons (Fsp3) is 0.429. The molecule has 0 spiro atoms. The Morgan fingerprint density at radius 1 is 1.29 bits per heavy atom. The first-order chi connectivity index (χ1) is 10.0.